The maximum atomic E-state index is 10.6. The summed E-state index contributed by atoms with van der Waals surface area (Å²) >= 11 is 0. The standard InChI is InChI=1S/C10H18N2O2/c1-11-4-2-3-9(11)7-12-5-8(6-12)10(13)14/h8-9H,2-7H2,1H3,(H,13,14). The van der Waals surface area contributed by atoms with Gasteiger partial charge in [0, 0.05) is 25.7 Å². The lowest BCUT2D eigenvalue weighted by atomic mass is 9.99. The highest BCUT2D eigenvalue weighted by Crippen LogP contribution is 2.21. The van der Waals surface area contributed by atoms with Gasteiger partial charge in [-0.05, 0) is 26.4 Å². The van der Waals surface area contributed by atoms with Crippen LogP contribution in [-0.4, -0.2) is 60.1 Å². The number of carboxylic acids is 1. The molecule has 1 atom stereocenters. The van der Waals surface area contributed by atoms with Crippen molar-refractivity contribution in [1.82, 2.24) is 9.80 Å². The lowest BCUT2D eigenvalue weighted by Gasteiger charge is -2.39. The van der Waals surface area contributed by atoms with Crippen LogP contribution in [-0.2, 0) is 4.79 Å². The highest BCUT2D eigenvalue weighted by atomic mass is 16.4. The van der Waals surface area contributed by atoms with Crippen LogP contribution in [0.4, 0.5) is 0 Å². The molecule has 0 saturated carbocycles. The molecule has 2 rings (SSSR count). The van der Waals surface area contributed by atoms with Gasteiger partial charge in [0.1, 0.15) is 0 Å². The fraction of sp³-hybridized carbons (Fsp3) is 0.900. The molecule has 2 fully saturated rings. The van der Waals surface area contributed by atoms with Crippen LogP contribution in [0.15, 0.2) is 0 Å². The van der Waals surface area contributed by atoms with Crippen LogP contribution in [0.5, 0.6) is 0 Å². The molecular weight excluding hydrogens is 180 g/mol. The predicted molar refractivity (Wildman–Crippen MR) is 53.2 cm³/mol. The van der Waals surface area contributed by atoms with E-state index in [1.54, 1.807) is 0 Å². The minimum absolute atomic E-state index is 0.110. The van der Waals surface area contributed by atoms with Gasteiger partial charge in [-0.25, -0.2) is 0 Å². The van der Waals surface area contributed by atoms with Crippen molar-refractivity contribution in [2.75, 3.05) is 33.2 Å². The van der Waals surface area contributed by atoms with Gasteiger partial charge in [0.2, 0.25) is 0 Å². The van der Waals surface area contributed by atoms with Crippen molar-refractivity contribution >= 4 is 5.97 Å². The van der Waals surface area contributed by atoms with E-state index in [1.807, 2.05) is 0 Å². The second-order valence-electron chi connectivity index (χ2n) is 4.53. The molecule has 80 valence electrons. The first-order valence-corrected chi connectivity index (χ1v) is 5.32. The summed E-state index contributed by atoms with van der Waals surface area (Å²) < 4.78 is 0. The lowest BCUT2D eigenvalue weighted by molar-refractivity contribution is -0.147. The Kier molecular flexibility index (Phi) is 2.74. The number of likely N-dealkylation sites (N-methyl/N-ethyl adjacent to an activating group) is 1. The van der Waals surface area contributed by atoms with Crippen LogP contribution in [0.2, 0.25) is 0 Å². The van der Waals surface area contributed by atoms with Gasteiger partial charge in [0.05, 0.1) is 5.92 Å². The van der Waals surface area contributed by atoms with E-state index < -0.39 is 5.97 Å². The minimum atomic E-state index is -0.638. The molecule has 2 aliphatic heterocycles. The van der Waals surface area contributed by atoms with Crippen molar-refractivity contribution in [2.24, 2.45) is 5.92 Å². The topological polar surface area (TPSA) is 43.8 Å². The van der Waals surface area contributed by atoms with E-state index in [0.717, 1.165) is 19.6 Å². The zero-order valence-electron chi connectivity index (χ0n) is 8.65. The molecule has 2 saturated heterocycles. The molecule has 1 unspecified atom stereocenters. The number of carboxylic acid groups (broad SMARTS) is 1. The molecular formula is C10H18N2O2. The smallest absolute Gasteiger partial charge is 0.309 e. The molecule has 0 aliphatic carbocycles. The lowest BCUT2D eigenvalue weighted by Crippen LogP contribution is -2.53. The molecule has 0 amide bonds. The number of aliphatic carboxylic acids is 1. The molecule has 4 nitrogen and oxygen atoms in total. The van der Waals surface area contributed by atoms with Gasteiger partial charge in [0.15, 0.2) is 0 Å². The minimum Gasteiger partial charge on any atom is -0.481 e. The number of hydrogen-bond donors (Lipinski definition) is 1. The van der Waals surface area contributed by atoms with E-state index in [-0.39, 0.29) is 5.92 Å². The van der Waals surface area contributed by atoms with Crippen LogP contribution in [0.3, 0.4) is 0 Å². The Balaban J connectivity index is 1.71. The Bertz CT molecular complexity index is 226. The van der Waals surface area contributed by atoms with Gasteiger partial charge in [-0.2, -0.15) is 0 Å². The summed E-state index contributed by atoms with van der Waals surface area (Å²) in [4.78, 5) is 15.2. The molecule has 0 aromatic heterocycles. The van der Waals surface area contributed by atoms with Crippen molar-refractivity contribution in [3.63, 3.8) is 0 Å². The monoisotopic (exact) mass is 198 g/mol. The quantitative estimate of drug-likeness (QED) is 0.698. The van der Waals surface area contributed by atoms with Crippen molar-refractivity contribution in [3.8, 4) is 0 Å². The maximum Gasteiger partial charge on any atom is 0.309 e. The van der Waals surface area contributed by atoms with Gasteiger partial charge >= 0.3 is 5.97 Å². The number of carbonyl (C=O) groups is 1. The third kappa shape index (κ3) is 1.91. The van der Waals surface area contributed by atoms with E-state index in [1.165, 1.54) is 19.4 Å². The number of likely N-dealkylation sites (tertiary alicyclic amines) is 2. The molecule has 0 bridgehead atoms. The third-order valence-electron chi connectivity index (χ3n) is 3.45. The van der Waals surface area contributed by atoms with Crippen LogP contribution < -0.4 is 0 Å². The molecule has 14 heavy (non-hydrogen) atoms. The SMILES string of the molecule is CN1CCCC1CN1CC(C(=O)O)C1. The first-order chi connectivity index (χ1) is 6.66. The van der Waals surface area contributed by atoms with Crippen molar-refractivity contribution in [2.45, 2.75) is 18.9 Å². The van der Waals surface area contributed by atoms with Gasteiger partial charge in [-0.1, -0.05) is 0 Å². The second-order valence-corrected chi connectivity index (χ2v) is 4.53. The summed E-state index contributed by atoms with van der Waals surface area (Å²) in [6.45, 7) is 3.75. The van der Waals surface area contributed by atoms with Crippen LogP contribution >= 0.6 is 0 Å². The molecule has 0 aromatic carbocycles. The second kappa shape index (κ2) is 3.87. The van der Waals surface area contributed by atoms with Gasteiger partial charge in [-0.15, -0.1) is 0 Å². The molecule has 4 heteroatoms. The molecule has 2 aliphatic rings. The van der Waals surface area contributed by atoms with E-state index in [0.29, 0.717) is 6.04 Å². The predicted octanol–water partition coefficient (Wildman–Crippen LogP) is 0.0970. The zero-order chi connectivity index (χ0) is 10.1. The van der Waals surface area contributed by atoms with E-state index in [9.17, 15) is 4.79 Å². The Morgan fingerprint density at radius 2 is 2.21 bits per heavy atom. The van der Waals surface area contributed by atoms with E-state index >= 15 is 0 Å². The molecule has 2 heterocycles. The van der Waals surface area contributed by atoms with Crippen LogP contribution in [0.25, 0.3) is 0 Å². The van der Waals surface area contributed by atoms with Crippen LogP contribution in [0, 0.1) is 5.92 Å². The average molecular weight is 198 g/mol. The summed E-state index contributed by atoms with van der Waals surface area (Å²) in [5.41, 5.74) is 0. The van der Waals surface area contributed by atoms with Crippen molar-refractivity contribution in [1.29, 1.82) is 0 Å². The Morgan fingerprint density at radius 3 is 2.71 bits per heavy atom. The van der Waals surface area contributed by atoms with Crippen LogP contribution in [0.1, 0.15) is 12.8 Å². The summed E-state index contributed by atoms with van der Waals surface area (Å²) in [7, 11) is 2.16. The van der Waals surface area contributed by atoms with Gasteiger partial charge < -0.3 is 10.0 Å². The summed E-state index contributed by atoms with van der Waals surface area (Å²) in [6.07, 6.45) is 2.56. The Labute approximate surface area is 84.5 Å². The number of rotatable bonds is 3. The zero-order valence-corrected chi connectivity index (χ0v) is 8.65. The van der Waals surface area contributed by atoms with Crippen molar-refractivity contribution in [3.05, 3.63) is 0 Å². The normalized spacial score (nSPS) is 30.5. The average Bonchev–Trinajstić information content (AvgIpc) is 2.42. The highest BCUT2D eigenvalue weighted by molar-refractivity contribution is 5.71. The highest BCUT2D eigenvalue weighted by Gasteiger charge is 2.34. The maximum absolute atomic E-state index is 10.6. The Morgan fingerprint density at radius 1 is 1.50 bits per heavy atom. The van der Waals surface area contributed by atoms with E-state index in [4.69, 9.17) is 5.11 Å². The summed E-state index contributed by atoms with van der Waals surface area (Å²) in [6, 6.07) is 0.657. The molecule has 0 aromatic rings. The fourth-order valence-corrected chi connectivity index (χ4v) is 2.38. The van der Waals surface area contributed by atoms with Crippen molar-refractivity contribution < 1.29 is 9.90 Å². The number of nitrogens with zero attached hydrogens (tertiary/aromatic N) is 2. The first kappa shape index (κ1) is 9.93. The van der Waals surface area contributed by atoms with Gasteiger partial charge in [0.25, 0.3) is 0 Å². The third-order valence-corrected chi connectivity index (χ3v) is 3.45. The fourth-order valence-electron chi connectivity index (χ4n) is 2.38. The molecule has 1 N–H and O–H groups in total. The number of hydrogen-bond acceptors (Lipinski definition) is 3. The molecule has 0 radical (unpaired) electrons. The largest absolute Gasteiger partial charge is 0.481 e. The van der Waals surface area contributed by atoms with Gasteiger partial charge in [-0.3, -0.25) is 9.69 Å². The first-order valence-electron chi connectivity index (χ1n) is 5.32. The molecule has 0 spiro atoms. The van der Waals surface area contributed by atoms with E-state index in [2.05, 4.69) is 16.8 Å². The summed E-state index contributed by atoms with van der Waals surface area (Å²) in [5, 5.41) is 8.73. The Hall–Kier alpha value is -0.610. The summed E-state index contributed by atoms with van der Waals surface area (Å²) in [5.74, 6) is -0.747.